The molecule has 208 valence electrons. The molecule has 3 heterocycles. The topological polar surface area (TPSA) is 147 Å². The Bertz CT molecular complexity index is 1460. The van der Waals surface area contributed by atoms with Gasteiger partial charge in [-0.15, -0.1) is 0 Å². The first-order valence-electron chi connectivity index (χ1n) is 13.4. The van der Waals surface area contributed by atoms with E-state index < -0.39 is 18.3 Å². The summed E-state index contributed by atoms with van der Waals surface area (Å²) in [5, 5.41) is 25.8. The smallest absolute Gasteiger partial charge is 0.394 e. The number of nitrogens with zero attached hydrogens (tertiary/aromatic N) is 4. The van der Waals surface area contributed by atoms with E-state index in [1.165, 1.54) is 12.4 Å². The van der Waals surface area contributed by atoms with Crippen molar-refractivity contribution >= 4 is 27.9 Å². The Morgan fingerprint density at radius 3 is 2.79 bits per heavy atom. The Labute approximate surface area is 223 Å². The maximum Gasteiger partial charge on any atom is 0.394 e. The molecule has 0 unspecified atom stereocenters. The molecule has 0 bridgehead atoms. The molecule has 4 aromatic rings. The largest absolute Gasteiger partial charge is 0.433 e. The third kappa shape index (κ3) is 5.28. The van der Waals surface area contributed by atoms with E-state index in [1.807, 2.05) is 16.8 Å². The van der Waals surface area contributed by atoms with E-state index >= 15 is 0 Å². The van der Waals surface area contributed by atoms with Gasteiger partial charge in [0.1, 0.15) is 35.5 Å². The second-order valence-electron chi connectivity index (χ2n) is 11.0. The molecule has 2 aliphatic carbocycles. The summed E-state index contributed by atoms with van der Waals surface area (Å²) in [6.45, 7) is 1.34. The SMILES string of the molecule is CC(F)(F)Oc1ccc2nc(CCC3CC(NC[C@H]4C[C@@H](n5ccc6c(N)ncnc65)[C@H](O)[C@@H]4O)C3)[nH]c2c1. The van der Waals surface area contributed by atoms with Crippen LogP contribution in [0.15, 0.2) is 36.8 Å². The van der Waals surface area contributed by atoms with Crippen LogP contribution in [-0.4, -0.2) is 65.6 Å². The number of aromatic amines is 1. The summed E-state index contributed by atoms with van der Waals surface area (Å²) in [6.07, 6.45) is 2.79. The molecule has 2 aliphatic rings. The van der Waals surface area contributed by atoms with Gasteiger partial charge in [-0.1, -0.05) is 0 Å². The van der Waals surface area contributed by atoms with Crippen molar-refractivity contribution in [2.75, 3.05) is 12.3 Å². The molecular weight excluding hydrogens is 508 g/mol. The lowest BCUT2D eigenvalue weighted by atomic mass is 9.77. The van der Waals surface area contributed by atoms with E-state index in [1.54, 1.807) is 12.1 Å². The van der Waals surface area contributed by atoms with Gasteiger partial charge in [0.15, 0.2) is 0 Å². The Kier molecular flexibility index (Phi) is 6.64. The van der Waals surface area contributed by atoms with Gasteiger partial charge in [0, 0.05) is 44.1 Å². The quantitative estimate of drug-likeness (QED) is 0.217. The number of hydrogen-bond donors (Lipinski definition) is 5. The monoisotopic (exact) mass is 541 g/mol. The maximum absolute atomic E-state index is 13.1. The summed E-state index contributed by atoms with van der Waals surface area (Å²) in [4.78, 5) is 16.1. The van der Waals surface area contributed by atoms with Gasteiger partial charge in [-0.25, -0.2) is 15.0 Å². The number of benzene rings is 1. The Morgan fingerprint density at radius 1 is 1.18 bits per heavy atom. The van der Waals surface area contributed by atoms with Gasteiger partial charge in [0.25, 0.3) is 0 Å². The first-order valence-corrected chi connectivity index (χ1v) is 13.4. The number of aliphatic hydroxyl groups is 2. The average molecular weight is 542 g/mol. The number of halogens is 2. The summed E-state index contributed by atoms with van der Waals surface area (Å²) in [5.41, 5.74) is 8.02. The van der Waals surface area contributed by atoms with E-state index in [0.29, 0.717) is 48.8 Å². The number of aromatic nitrogens is 5. The van der Waals surface area contributed by atoms with Crippen molar-refractivity contribution in [1.29, 1.82) is 0 Å². The molecule has 2 saturated carbocycles. The lowest BCUT2D eigenvalue weighted by Gasteiger charge is -2.37. The van der Waals surface area contributed by atoms with Crippen LogP contribution in [0, 0.1) is 11.8 Å². The number of fused-ring (bicyclic) bond motifs is 2. The normalized spacial score (nSPS) is 27.3. The summed E-state index contributed by atoms with van der Waals surface area (Å²) in [7, 11) is 0. The summed E-state index contributed by atoms with van der Waals surface area (Å²) in [5.74, 6) is 1.83. The van der Waals surface area contributed by atoms with Crippen molar-refractivity contribution in [2.24, 2.45) is 11.8 Å². The van der Waals surface area contributed by atoms with Crippen molar-refractivity contribution in [2.45, 2.75) is 69.4 Å². The molecule has 1 aromatic carbocycles. The molecule has 0 amide bonds. The summed E-state index contributed by atoms with van der Waals surface area (Å²) >= 11 is 0. The highest BCUT2D eigenvalue weighted by molar-refractivity contribution is 5.86. The minimum atomic E-state index is -3.23. The minimum Gasteiger partial charge on any atom is -0.433 e. The molecule has 0 saturated heterocycles. The van der Waals surface area contributed by atoms with Crippen LogP contribution in [0.25, 0.3) is 22.1 Å². The molecule has 4 atom stereocenters. The summed E-state index contributed by atoms with van der Waals surface area (Å²) < 4.78 is 32.8. The molecule has 12 heteroatoms. The maximum atomic E-state index is 13.1. The number of nitrogens with two attached hydrogens (primary N) is 1. The van der Waals surface area contributed by atoms with Crippen LogP contribution in [0.3, 0.4) is 0 Å². The molecule has 6 rings (SSSR count). The number of ether oxygens (including phenoxy) is 1. The van der Waals surface area contributed by atoms with Gasteiger partial charge >= 0.3 is 6.11 Å². The zero-order valence-corrected chi connectivity index (χ0v) is 21.6. The van der Waals surface area contributed by atoms with Gasteiger partial charge in [-0.2, -0.15) is 8.78 Å². The fraction of sp³-hybridized carbons (Fsp3) is 0.519. The number of alkyl halides is 2. The predicted molar refractivity (Wildman–Crippen MR) is 141 cm³/mol. The zero-order chi connectivity index (χ0) is 27.3. The number of aliphatic hydroxyl groups excluding tert-OH is 2. The first kappa shape index (κ1) is 25.9. The van der Waals surface area contributed by atoms with Crippen molar-refractivity contribution in [1.82, 2.24) is 29.8 Å². The number of imidazole rings is 1. The van der Waals surface area contributed by atoms with Crippen LogP contribution >= 0.6 is 0 Å². The average Bonchev–Trinajstić information content (AvgIpc) is 3.53. The molecule has 3 aromatic heterocycles. The number of aryl methyl sites for hydroxylation is 1. The van der Waals surface area contributed by atoms with Crippen LogP contribution < -0.4 is 15.8 Å². The minimum absolute atomic E-state index is 0.0715. The lowest BCUT2D eigenvalue weighted by Crippen LogP contribution is -2.44. The first-order chi connectivity index (χ1) is 18.6. The van der Waals surface area contributed by atoms with E-state index in [4.69, 9.17) is 5.73 Å². The van der Waals surface area contributed by atoms with Crippen molar-refractivity contribution in [3.8, 4) is 5.75 Å². The number of anilines is 1. The Hall–Kier alpha value is -3.35. The molecule has 0 aliphatic heterocycles. The number of H-pyrrole nitrogens is 1. The Balaban J connectivity index is 0.972. The van der Waals surface area contributed by atoms with Crippen molar-refractivity contribution in [3.05, 3.63) is 42.6 Å². The van der Waals surface area contributed by atoms with Crippen LogP contribution in [0.2, 0.25) is 0 Å². The fourth-order valence-electron chi connectivity index (χ4n) is 6.06. The van der Waals surface area contributed by atoms with Crippen LogP contribution in [-0.2, 0) is 6.42 Å². The Morgan fingerprint density at radius 2 is 2.00 bits per heavy atom. The van der Waals surface area contributed by atoms with E-state index in [-0.39, 0.29) is 17.7 Å². The van der Waals surface area contributed by atoms with Gasteiger partial charge in [0.2, 0.25) is 0 Å². The molecule has 2 fully saturated rings. The van der Waals surface area contributed by atoms with Gasteiger partial charge in [-0.3, -0.25) is 0 Å². The second-order valence-corrected chi connectivity index (χ2v) is 11.0. The van der Waals surface area contributed by atoms with Crippen LogP contribution in [0.4, 0.5) is 14.6 Å². The van der Waals surface area contributed by atoms with Crippen LogP contribution in [0.5, 0.6) is 5.75 Å². The zero-order valence-electron chi connectivity index (χ0n) is 21.6. The van der Waals surface area contributed by atoms with E-state index in [0.717, 1.165) is 42.4 Å². The number of nitrogens with one attached hydrogen (secondary N) is 2. The molecule has 6 N–H and O–H groups in total. The highest BCUT2D eigenvalue weighted by atomic mass is 19.3. The molecular formula is C27H33F2N7O3. The molecule has 39 heavy (non-hydrogen) atoms. The third-order valence-electron chi connectivity index (χ3n) is 8.16. The van der Waals surface area contributed by atoms with E-state index in [2.05, 4.69) is 30.0 Å². The third-order valence-corrected chi connectivity index (χ3v) is 8.16. The summed E-state index contributed by atoms with van der Waals surface area (Å²) in [6, 6.07) is 6.67. The highest BCUT2D eigenvalue weighted by Gasteiger charge is 2.43. The van der Waals surface area contributed by atoms with E-state index in [9.17, 15) is 19.0 Å². The van der Waals surface area contributed by atoms with Gasteiger partial charge in [0.05, 0.1) is 28.6 Å². The van der Waals surface area contributed by atoms with Crippen molar-refractivity contribution in [3.63, 3.8) is 0 Å². The lowest BCUT2D eigenvalue weighted by molar-refractivity contribution is -0.158. The number of hydrogen-bond acceptors (Lipinski definition) is 8. The van der Waals surface area contributed by atoms with Crippen molar-refractivity contribution < 1.29 is 23.7 Å². The van der Waals surface area contributed by atoms with Crippen LogP contribution in [0.1, 0.15) is 44.5 Å². The molecule has 0 spiro atoms. The number of rotatable bonds is 9. The highest BCUT2D eigenvalue weighted by Crippen LogP contribution is 2.38. The van der Waals surface area contributed by atoms with Gasteiger partial charge in [-0.05, 0) is 49.8 Å². The number of nitrogen functional groups attached to an aromatic ring is 1. The predicted octanol–water partition coefficient (Wildman–Crippen LogP) is 3.17. The second kappa shape index (κ2) is 10.00. The standard InChI is InChI=1S/C27H33F2N7O3/c1-27(28,29)39-17-3-4-19-20(11-17)35-22(34-19)5-2-14-8-16(9-14)31-12-15-10-21(24(38)23(15)37)36-7-6-18-25(30)32-13-33-26(18)36/h3-4,6-7,11,13-16,21,23-24,31,37-38H,2,5,8-10,12H2,1H3,(H,34,35)(H2,30,32,33)/t14?,15-,16?,21-,23-,24+/m1/s1. The van der Waals surface area contributed by atoms with Gasteiger partial charge < -0.3 is 35.6 Å². The fourth-order valence-corrected chi connectivity index (χ4v) is 6.06. The molecule has 10 nitrogen and oxygen atoms in total. The molecule has 0 radical (unpaired) electrons.